The number of carbonyl (C=O) groups is 2. The number of hydrogen-bond donors (Lipinski definition) is 0. The number of carbonyl (C=O) groups excluding carboxylic acids is 2. The van der Waals surface area contributed by atoms with Gasteiger partial charge in [-0.1, -0.05) is 12.1 Å². The number of nitriles is 2. The molecule has 0 fully saturated rings. The fourth-order valence-electron chi connectivity index (χ4n) is 2.17. The third kappa shape index (κ3) is 5.32. The lowest BCUT2D eigenvalue weighted by atomic mass is 9.97. The standard InChI is InChI=1S/C20H20N2O4/c1-5-25-19(23)17(11-21)9-15-7-14(4)16(8-13(15)3)10-18(12-22)20(24)26-6-2/h7-10H,5-6H2,1-4H3/b17-9+,18-10+. The zero-order valence-electron chi connectivity index (χ0n) is 15.3. The fourth-order valence-corrected chi connectivity index (χ4v) is 2.17. The Hall–Kier alpha value is -3.38. The Kier molecular flexibility index (Phi) is 7.79. The molecule has 0 unspecified atom stereocenters. The van der Waals surface area contributed by atoms with E-state index in [1.54, 1.807) is 39.8 Å². The van der Waals surface area contributed by atoms with Gasteiger partial charge in [-0.05, 0) is 62.1 Å². The van der Waals surface area contributed by atoms with E-state index in [2.05, 4.69) is 0 Å². The van der Waals surface area contributed by atoms with Crippen molar-refractivity contribution in [2.75, 3.05) is 13.2 Å². The zero-order chi connectivity index (χ0) is 19.7. The summed E-state index contributed by atoms with van der Waals surface area (Å²) in [6.07, 6.45) is 2.93. The third-order valence-electron chi connectivity index (χ3n) is 3.49. The summed E-state index contributed by atoms with van der Waals surface area (Å²) in [6, 6.07) is 7.23. The third-order valence-corrected chi connectivity index (χ3v) is 3.49. The van der Waals surface area contributed by atoms with Crippen LogP contribution in [-0.2, 0) is 19.1 Å². The van der Waals surface area contributed by atoms with Crippen molar-refractivity contribution >= 4 is 24.1 Å². The first-order valence-corrected chi connectivity index (χ1v) is 8.06. The molecule has 0 spiro atoms. The van der Waals surface area contributed by atoms with Crippen molar-refractivity contribution in [2.24, 2.45) is 0 Å². The summed E-state index contributed by atoms with van der Waals surface area (Å²) >= 11 is 0. The summed E-state index contributed by atoms with van der Waals surface area (Å²) in [5, 5.41) is 18.3. The second-order valence-corrected chi connectivity index (χ2v) is 5.35. The predicted octanol–water partition coefficient (Wildman–Crippen LogP) is 3.24. The molecule has 0 N–H and O–H groups in total. The highest BCUT2D eigenvalue weighted by Crippen LogP contribution is 2.21. The number of rotatable bonds is 6. The van der Waals surface area contributed by atoms with Crippen molar-refractivity contribution in [1.29, 1.82) is 10.5 Å². The molecule has 0 heterocycles. The number of hydrogen-bond acceptors (Lipinski definition) is 6. The minimum Gasteiger partial charge on any atom is -0.462 e. The average molecular weight is 352 g/mol. The molecular weight excluding hydrogens is 332 g/mol. The summed E-state index contributed by atoms with van der Waals surface area (Å²) in [6.45, 7) is 7.31. The molecular formula is C20H20N2O4. The van der Waals surface area contributed by atoms with Gasteiger partial charge in [-0.25, -0.2) is 9.59 Å². The summed E-state index contributed by atoms with van der Waals surface area (Å²) < 4.78 is 9.70. The van der Waals surface area contributed by atoms with Crippen molar-refractivity contribution in [3.05, 3.63) is 45.5 Å². The molecule has 1 rings (SSSR count). The zero-order valence-corrected chi connectivity index (χ0v) is 15.3. The van der Waals surface area contributed by atoms with Gasteiger partial charge in [-0.3, -0.25) is 0 Å². The van der Waals surface area contributed by atoms with Crippen LogP contribution < -0.4 is 0 Å². The van der Waals surface area contributed by atoms with Crippen LogP contribution in [0.15, 0.2) is 23.3 Å². The van der Waals surface area contributed by atoms with Gasteiger partial charge in [-0.2, -0.15) is 10.5 Å². The maximum Gasteiger partial charge on any atom is 0.348 e. The van der Waals surface area contributed by atoms with Crippen molar-refractivity contribution in [2.45, 2.75) is 27.7 Å². The van der Waals surface area contributed by atoms with Crippen molar-refractivity contribution in [3.63, 3.8) is 0 Å². The van der Waals surface area contributed by atoms with Gasteiger partial charge in [0.2, 0.25) is 0 Å². The Morgan fingerprint density at radius 2 is 1.23 bits per heavy atom. The van der Waals surface area contributed by atoms with Gasteiger partial charge in [0.05, 0.1) is 13.2 Å². The molecule has 0 aromatic heterocycles. The van der Waals surface area contributed by atoms with E-state index in [1.165, 1.54) is 12.2 Å². The highest BCUT2D eigenvalue weighted by atomic mass is 16.5. The maximum atomic E-state index is 11.8. The Morgan fingerprint density at radius 3 is 1.50 bits per heavy atom. The molecule has 6 nitrogen and oxygen atoms in total. The minimum absolute atomic E-state index is 0.0955. The van der Waals surface area contributed by atoms with Crippen molar-refractivity contribution in [3.8, 4) is 12.1 Å². The minimum atomic E-state index is -0.676. The monoisotopic (exact) mass is 352 g/mol. The largest absolute Gasteiger partial charge is 0.462 e. The molecule has 0 bridgehead atoms. The van der Waals surface area contributed by atoms with Gasteiger partial charge in [-0.15, -0.1) is 0 Å². The van der Waals surface area contributed by atoms with Gasteiger partial charge in [0.15, 0.2) is 0 Å². The molecule has 0 radical (unpaired) electrons. The fraction of sp³-hybridized carbons (Fsp3) is 0.300. The average Bonchev–Trinajstić information content (AvgIpc) is 2.60. The molecule has 0 aliphatic heterocycles. The predicted molar refractivity (Wildman–Crippen MR) is 96.4 cm³/mol. The number of aryl methyl sites for hydroxylation is 2. The summed E-state index contributed by atoms with van der Waals surface area (Å²) in [5.74, 6) is -1.35. The van der Waals surface area contributed by atoms with Crippen LogP contribution in [-0.4, -0.2) is 25.2 Å². The Bertz CT molecular complexity index is 780. The smallest absolute Gasteiger partial charge is 0.348 e. The van der Waals surface area contributed by atoms with E-state index in [0.717, 1.165) is 11.1 Å². The first kappa shape index (κ1) is 20.7. The van der Waals surface area contributed by atoms with Gasteiger partial charge in [0, 0.05) is 0 Å². The molecule has 0 atom stereocenters. The lowest BCUT2D eigenvalue weighted by molar-refractivity contribution is -0.138. The number of benzene rings is 1. The molecule has 0 saturated carbocycles. The summed E-state index contributed by atoms with van der Waals surface area (Å²) in [4.78, 5) is 23.5. The summed E-state index contributed by atoms with van der Waals surface area (Å²) in [7, 11) is 0. The van der Waals surface area contributed by atoms with E-state index < -0.39 is 11.9 Å². The van der Waals surface area contributed by atoms with Crippen LogP contribution in [0.2, 0.25) is 0 Å². The van der Waals surface area contributed by atoms with E-state index >= 15 is 0 Å². The molecule has 0 aliphatic carbocycles. The van der Waals surface area contributed by atoms with Gasteiger partial charge < -0.3 is 9.47 Å². The number of nitrogens with zero attached hydrogens (tertiary/aromatic N) is 2. The molecule has 0 aliphatic rings. The Balaban J connectivity index is 3.32. The van der Waals surface area contributed by atoms with Crippen molar-refractivity contribution in [1.82, 2.24) is 0 Å². The van der Waals surface area contributed by atoms with Crippen LogP contribution >= 0.6 is 0 Å². The topological polar surface area (TPSA) is 100 Å². The molecule has 0 amide bonds. The summed E-state index contributed by atoms with van der Waals surface area (Å²) in [5.41, 5.74) is 2.72. The van der Waals surface area contributed by atoms with Gasteiger partial charge in [0.25, 0.3) is 0 Å². The second kappa shape index (κ2) is 9.80. The lowest BCUT2D eigenvalue weighted by Crippen LogP contribution is -2.07. The van der Waals surface area contributed by atoms with Crippen LogP contribution in [0.5, 0.6) is 0 Å². The molecule has 134 valence electrons. The number of esters is 2. The van der Waals surface area contributed by atoms with Crippen LogP contribution in [0.3, 0.4) is 0 Å². The van der Waals surface area contributed by atoms with E-state index in [9.17, 15) is 9.59 Å². The first-order chi connectivity index (χ1) is 12.4. The van der Waals surface area contributed by atoms with Crippen LogP contribution in [0, 0.1) is 36.5 Å². The Morgan fingerprint density at radius 1 is 0.885 bits per heavy atom. The molecule has 6 heteroatoms. The highest BCUT2D eigenvalue weighted by Gasteiger charge is 2.13. The lowest BCUT2D eigenvalue weighted by Gasteiger charge is -2.08. The quantitative estimate of drug-likeness (QED) is 0.442. The first-order valence-electron chi connectivity index (χ1n) is 8.06. The van der Waals surface area contributed by atoms with E-state index in [1.807, 2.05) is 12.1 Å². The van der Waals surface area contributed by atoms with Crippen LogP contribution in [0.25, 0.3) is 12.2 Å². The van der Waals surface area contributed by atoms with Crippen LogP contribution in [0.4, 0.5) is 0 Å². The highest BCUT2D eigenvalue weighted by molar-refractivity contribution is 5.99. The Labute approximate surface area is 152 Å². The van der Waals surface area contributed by atoms with Gasteiger partial charge >= 0.3 is 11.9 Å². The van der Waals surface area contributed by atoms with E-state index in [0.29, 0.717) is 11.1 Å². The maximum absolute atomic E-state index is 11.8. The molecule has 26 heavy (non-hydrogen) atoms. The normalized spacial score (nSPS) is 11.3. The molecule has 1 aromatic rings. The van der Waals surface area contributed by atoms with E-state index in [-0.39, 0.29) is 24.4 Å². The van der Waals surface area contributed by atoms with Crippen LogP contribution in [0.1, 0.15) is 36.1 Å². The van der Waals surface area contributed by atoms with E-state index in [4.69, 9.17) is 20.0 Å². The SMILES string of the molecule is CCOC(=O)/C(C#N)=C/c1cc(C)c(/C=C(\C#N)C(=O)OCC)cc1C. The molecule has 1 aromatic carbocycles. The molecule has 0 saturated heterocycles. The van der Waals surface area contributed by atoms with Gasteiger partial charge in [0.1, 0.15) is 23.3 Å². The van der Waals surface area contributed by atoms with Crippen molar-refractivity contribution < 1.29 is 19.1 Å². The number of ether oxygens (including phenoxy) is 2. The second-order valence-electron chi connectivity index (χ2n) is 5.35.